The zero-order chi connectivity index (χ0) is 21.3. The highest BCUT2D eigenvalue weighted by molar-refractivity contribution is 5.94. The van der Waals surface area contributed by atoms with Crippen molar-refractivity contribution in [1.29, 1.82) is 0 Å². The van der Waals surface area contributed by atoms with Gasteiger partial charge in [-0.15, -0.1) is 0 Å². The van der Waals surface area contributed by atoms with Gasteiger partial charge in [0.15, 0.2) is 5.92 Å². The predicted octanol–water partition coefficient (Wildman–Crippen LogP) is 3.55. The van der Waals surface area contributed by atoms with Crippen molar-refractivity contribution >= 4 is 17.9 Å². The van der Waals surface area contributed by atoms with Crippen LogP contribution in [0.2, 0.25) is 0 Å². The van der Waals surface area contributed by atoms with Gasteiger partial charge in [-0.3, -0.25) is 14.4 Å². The molecule has 0 fully saturated rings. The number of ether oxygens (including phenoxy) is 3. The van der Waals surface area contributed by atoms with Crippen LogP contribution in [0.3, 0.4) is 0 Å². The number of benzene rings is 1. The molecule has 0 bridgehead atoms. The van der Waals surface area contributed by atoms with Crippen LogP contribution in [0.1, 0.15) is 57.7 Å². The van der Waals surface area contributed by atoms with Crippen molar-refractivity contribution < 1.29 is 28.6 Å². The van der Waals surface area contributed by atoms with Gasteiger partial charge in [-0.1, -0.05) is 18.2 Å². The molecule has 1 aromatic rings. The lowest BCUT2D eigenvalue weighted by Crippen LogP contribution is -2.28. The maximum absolute atomic E-state index is 12.1. The highest BCUT2D eigenvalue weighted by Crippen LogP contribution is 2.21. The normalized spacial score (nSPS) is 11.2. The minimum atomic E-state index is -0.950. The van der Waals surface area contributed by atoms with E-state index in [0.29, 0.717) is 6.42 Å². The molecule has 0 aromatic heterocycles. The summed E-state index contributed by atoms with van der Waals surface area (Å²) < 4.78 is 15.4. The molecule has 0 saturated heterocycles. The van der Waals surface area contributed by atoms with Gasteiger partial charge in [0.05, 0.1) is 19.6 Å². The Morgan fingerprint density at radius 3 is 2.00 bits per heavy atom. The molecule has 0 aliphatic rings. The first-order valence-corrected chi connectivity index (χ1v) is 9.71. The van der Waals surface area contributed by atoms with Gasteiger partial charge in [0.2, 0.25) is 0 Å². The number of rotatable bonds is 9. The molecule has 0 amide bonds. The van der Waals surface area contributed by atoms with Gasteiger partial charge in [-0.05, 0) is 71.1 Å². The van der Waals surface area contributed by atoms with Crippen LogP contribution in [0.25, 0.3) is 0 Å². The largest absolute Gasteiger partial charge is 0.465 e. The lowest BCUT2D eigenvalue weighted by molar-refractivity contribution is -0.162. The molecule has 0 heterocycles. The van der Waals surface area contributed by atoms with Gasteiger partial charge >= 0.3 is 17.9 Å². The zero-order valence-electron chi connectivity index (χ0n) is 17.8. The van der Waals surface area contributed by atoms with Crippen LogP contribution in [0.4, 0.5) is 0 Å². The van der Waals surface area contributed by atoms with Crippen LogP contribution in [-0.2, 0) is 41.4 Å². The summed E-state index contributed by atoms with van der Waals surface area (Å²) in [5.41, 5.74) is 2.27. The van der Waals surface area contributed by atoms with E-state index in [1.165, 1.54) is 0 Å². The van der Waals surface area contributed by atoms with E-state index in [9.17, 15) is 14.4 Å². The molecule has 0 N–H and O–H groups in total. The second kappa shape index (κ2) is 10.8. The molecule has 0 aliphatic carbocycles. The second-order valence-electron chi connectivity index (χ2n) is 7.56. The molecule has 0 spiro atoms. The number of hydrogen-bond donors (Lipinski definition) is 0. The van der Waals surface area contributed by atoms with Crippen LogP contribution in [0.5, 0.6) is 0 Å². The van der Waals surface area contributed by atoms with Crippen LogP contribution in [-0.4, -0.2) is 36.7 Å². The molecule has 0 aliphatic heterocycles. The number of hydrogen-bond acceptors (Lipinski definition) is 6. The Labute approximate surface area is 167 Å². The Bertz CT molecular complexity index is 669. The average molecular weight is 392 g/mol. The highest BCUT2D eigenvalue weighted by atomic mass is 16.6. The summed E-state index contributed by atoms with van der Waals surface area (Å²) >= 11 is 0. The maximum atomic E-state index is 12.1. The van der Waals surface area contributed by atoms with E-state index in [2.05, 4.69) is 0 Å². The van der Waals surface area contributed by atoms with Gasteiger partial charge in [-0.25, -0.2) is 0 Å². The molecule has 6 nitrogen and oxygen atoms in total. The number of carbonyl (C=O) groups is 3. The van der Waals surface area contributed by atoms with E-state index in [-0.39, 0.29) is 32.0 Å². The summed E-state index contributed by atoms with van der Waals surface area (Å²) in [6.07, 6.45) is 0.959. The minimum absolute atomic E-state index is 0.177. The topological polar surface area (TPSA) is 78.9 Å². The summed E-state index contributed by atoms with van der Waals surface area (Å²) in [5.74, 6) is -2.37. The van der Waals surface area contributed by atoms with E-state index in [0.717, 1.165) is 16.7 Å². The van der Waals surface area contributed by atoms with Crippen molar-refractivity contribution in [2.45, 2.75) is 66.4 Å². The van der Waals surface area contributed by atoms with Crippen molar-refractivity contribution in [3.8, 4) is 0 Å². The van der Waals surface area contributed by atoms with Gasteiger partial charge in [0.25, 0.3) is 0 Å². The van der Waals surface area contributed by atoms with Crippen molar-refractivity contribution in [1.82, 2.24) is 0 Å². The molecule has 0 saturated carbocycles. The Kier molecular flexibility index (Phi) is 9.16. The first-order valence-electron chi connectivity index (χ1n) is 9.71. The van der Waals surface area contributed by atoms with Crippen LogP contribution in [0.15, 0.2) is 18.2 Å². The predicted molar refractivity (Wildman–Crippen MR) is 106 cm³/mol. The Morgan fingerprint density at radius 2 is 1.50 bits per heavy atom. The number of esters is 3. The van der Waals surface area contributed by atoms with E-state index in [4.69, 9.17) is 14.2 Å². The molecule has 156 valence electrons. The molecule has 28 heavy (non-hydrogen) atoms. The lowest BCUT2D eigenvalue weighted by atomic mass is 9.93. The third kappa shape index (κ3) is 7.71. The number of aryl methyl sites for hydroxylation is 1. The molecule has 1 rings (SSSR count). The second-order valence-corrected chi connectivity index (χ2v) is 7.56. The smallest absolute Gasteiger partial charge is 0.320 e. The zero-order valence-corrected chi connectivity index (χ0v) is 17.8. The Balaban J connectivity index is 2.88. The summed E-state index contributed by atoms with van der Waals surface area (Å²) in [6.45, 7) is 11.2. The van der Waals surface area contributed by atoms with Crippen molar-refractivity contribution in [2.75, 3.05) is 13.2 Å². The van der Waals surface area contributed by atoms with Gasteiger partial charge < -0.3 is 14.2 Å². The maximum Gasteiger partial charge on any atom is 0.320 e. The van der Waals surface area contributed by atoms with Crippen LogP contribution in [0, 0.1) is 12.8 Å². The van der Waals surface area contributed by atoms with E-state index < -0.39 is 23.5 Å². The molecule has 0 radical (unpaired) electrons. The lowest BCUT2D eigenvalue weighted by Gasteiger charge is -2.20. The number of carbonyl (C=O) groups excluding carboxylic acids is 3. The summed E-state index contributed by atoms with van der Waals surface area (Å²) in [5, 5.41) is 0. The van der Waals surface area contributed by atoms with Crippen molar-refractivity contribution in [3.63, 3.8) is 0 Å². The minimum Gasteiger partial charge on any atom is -0.465 e. The fourth-order valence-electron chi connectivity index (χ4n) is 2.85. The van der Waals surface area contributed by atoms with Crippen molar-refractivity contribution in [3.05, 3.63) is 34.9 Å². The van der Waals surface area contributed by atoms with E-state index >= 15 is 0 Å². The van der Waals surface area contributed by atoms with Crippen LogP contribution >= 0.6 is 0 Å². The average Bonchev–Trinajstić information content (AvgIpc) is 2.57. The van der Waals surface area contributed by atoms with E-state index in [1.807, 2.05) is 45.9 Å². The molecular weight excluding hydrogens is 360 g/mol. The summed E-state index contributed by atoms with van der Waals surface area (Å²) in [6, 6.07) is 5.68. The highest BCUT2D eigenvalue weighted by Gasteiger charge is 2.29. The molecule has 1 aromatic carbocycles. The first kappa shape index (κ1) is 23.7. The fraction of sp³-hybridized carbons (Fsp3) is 0.591. The molecule has 0 unspecified atom stereocenters. The van der Waals surface area contributed by atoms with E-state index in [1.54, 1.807) is 13.8 Å². The molecule has 6 heteroatoms. The monoisotopic (exact) mass is 392 g/mol. The van der Waals surface area contributed by atoms with Gasteiger partial charge in [0, 0.05) is 0 Å². The standard InChI is InChI=1S/C22H32O6/c1-7-26-20(24)18(21(25)27-8-2)13-12-16-10-9-11-17(15(16)3)14-19(23)28-22(4,5)6/h9-11,18H,7-8,12-14H2,1-6H3. The van der Waals surface area contributed by atoms with Gasteiger partial charge in [-0.2, -0.15) is 0 Å². The summed E-state index contributed by atoms with van der Waals surface area (Å²) in [7, 11) is 0. The van der Waals surface area contributed by atoms with Gasteiger partial charge in [0.1, 0.15) is 5.60 Å². The molecule has 0 atom stereocenters. The SMILES string of the molecule is CCOC(=O)C(CCc1cccc(CC(=O)OC(C)(C)C)c1C)C(=O)OCC. The quantitative estimate of drug-likeness (QED) is 0.363. The Hall–Kier alpha value is -2.37. The first-order chi connectivity index (χ1) is 13.1. The van der Waals surface area contributed by atoms with Crippen molar-refractivity contribution in [2.24, 2.45) is 5.92 Å². The third-order valence-corrected chi connectivity index (χ3v) is 4.16. The van der Waals surface area contributed by atoms with Crippen LogP contribution < -0.4 is 0 Å². The third-order valence-electron chi connectivity index (χ3n) is 4.16. The Morgan fingerprint density at radius 1 is 0.964 bits per heavy atom. The summed E-state index contributed by atoms with van der Waals surface area (Å²) in [4.78, 5) is 36.4. The fourth-order valence-corrected chi connectivity index (χ4v) is 2.85. The molecular formula is C22H32O6.